The van der Waals surface area contributed by atoms with E-state index in [0.717, 1.165) is 35.2 Å². The van der Waals surface area contributed by atoms with Gasteiger partial charge in [0.25, 0.3) is 0 Å². The third kappa shape index (κ3) is 2.49. The van der Waals surface area contributed by atoms with E-state index in [9.17, 15) is 0 Å². The van der Waals surface area contributed by atoms with Crippen molar-refractivity contribution in [3.8, 4) is 0 Å². The van der Waals surface area contributed by atoms with Crippen molar-refractivity contribution >= 4 is 22.4 Å². The Morgan fingerprint density at radius 2 is 2.16 bits per heavy atom. The van der Waals surface area contributed by atoms with E-state index in [2.05, 4.69) is 16.4 Å². The molecule has 1 aliphatic carbocycles. The van der Waals surface area contributed by atoms with E-state index in [0.29, 0.717) is 12.1 Å². The first kappa shape index (κ1) is 12.2. The summed E-state index contributed by atoms with van der Waals surface area (Å²) in [5.74, 6) is 0.909. The highest BCUT2D eigenvalue weighted by atomic mass is 16.5. The van der Waals surface area contributed by atoms with Gasteiger partial charge < -0.3 is 15.8 Å². The molecule has 1 aromatic heterocycles. The number of hydrogen-bond acceptors (Lipinski definition) is 4. The maximum Gasteiger partial charge on any atom is 0.126 e. The molecule has 19 heavy (non-hydrogen) atoms. The number of nitrogen functional groups attached to an aromatic ring is 1. The predicted molar refractivity (Wildman–Crippen MR) is 78.2 cm³/mol. The molecule has 4 heteroatoms. The molecule has 1 heterocycles. The number of nitrogens with one attached hydrogen (secondary N) is 1. The molecular formula is C15H19N3O. The first-order valence-corrected chi connectivity index (χ1v) is 6.72. The summed E-state index contributed by atoms with van der Waals surface area (Å²) < 4.78 is 5.49. The van der Waals surface area contributed by atoms with Crippen LogP contribution in [0, 0.1) is 0 Å². The van der Waals surface area contributed by atoms with Crippen LogP contribution in [-0.4, -0.2) is 24.2 Å². The van der Waals surface area contributed by atoms with Gasteiger partial charge in [0.05, 0.1) is 17.7 Å². The molecular weight excluding hydrogens is 238 g/mol. The number of fused-ring (bicyclic) bond motifs is 1. The number of pyridine rings is 1. The van der Waals surface area contributed by atoms with Gasteiger partial charge in [0.1, 0.15) is 5.82 Å². The van der Waals surface area contributed by atoms with Crippen molar-refractivity contribution in [2.75, 3.05) is 18.2 Å². The van der Waals surface area contributed by atoms with Crippen LogP contribution in [0.3, 0.4) is 0 Å². The maximum absolute atomic E-state index is 5.77. The van der Waals surface area contributed by atoms with E-state index in [1.165, 1.54) is 6.42 Å². The maximum atomic E-state index is 5.77. The summed E-state index contributed by atoms with van der Waals surface area (Å²) in [4.78, 5) is 4.63. The number of ether oxygens (including phenoxy) is 1. The summed E-state index contributed by atoms with van der Waals surface area (Å²) in [6.45, 7) is 0. The van der Waals surface area contributed by atoms with Crippen molar-refractivity contribution in [1.29, 1.82) is 0 Å². The topological polar surface area (TPSA) is 60.2 Å². The van der Waals surface area contributed by atoms with Crippen LogP contribution in [0.15, 0.2) is 30.3 Å². The van der Waals surface area contributed by atoms with E-state index in [1.54, 1.807) is 7.11 Å². The van der Waals surface area contributed by atoms with Gasteiger partial charge in [-0.3, -0.25) is 0 Å². The molecule has 4 nitrogen and oxygen atoms in total. The van der Waals surface area contributed by atoms with Gasteiger partial charge in [-0.25, -0.2) is 4.98 Å². The van der Waals surface area contributed by atoms with Gasteiger partial charge in [0.2, 0.25) is 0 Å². The smallest absolute Gasteiger partial charge is 0.126 e. The molecule has 0 amide bonds. The summed E-state index contributed by atoms with van der Waals surface area (Å²) in [6.07, 6.45) is 3.77. The Hall–Kier alpha value is -1.81. The highest BCUT2D eigenvalue weighted by Crippen LogP contribution is 2.25. The molecule has 100 valence electrons. The van der Waals surface area contributed by atoms with Gasteiger partial charge in [0.15, 0.2) is 0 Å². The fourth-order valence-corrected chi connectivity index (χ4v) is 2.79. The van der Waals surface area contributed by atoms with Crippen LogP contribution in [0.5, 0.6) is 0 Å². The van der Waals surface area contributed by atoms with Crippen LogP contribution in [0.25, 0.3) is 10.9 Å². The normalized spacial score (nSPS) is 22.8. The number of nitrogens with zero attached hydrogens (tertiary/aromatic N) is 1. The van der Waals surface area contributed by atoms with Crippen LogP contribution in [0.2, 0.25) is 0 Å². The molecule has 1 fully saturated rings. The largest absolute Gasteiger partial charge is 0.399 e. The minimum atomic E-state index is 0.295. The number of hydrogen-bond donors (Lipinski definition) is 2. The molecule has 0 aliphatic heterocycles. The summed E-state index contributed by atoms with van der Waals surface area (Å²) in [6, 6.07) is 10.2. The molecule has 1 aliphatic rings. The second-order valence-corrected chi connectivity index (χ2v) is 5.10. The number of rotatable bonds is 3. The zero-order chi connectivity index (χ0) is 13.2. The number of benzene rings is 1. The van der Waals surface area contributed by atoms with Crippen LogP contribution in [0.4, 0.5) is 11.5 Å². The molecule has 1 aromatic carbocycles. The van der Waals surface area contributed by atoms with Gasteiger partial charge >= 0.3 is 0 Å². The van der Waals surface area contributed by atoms with Crippen molar-refractivity contribution in [3.05, 3.63) is 30.3 Å². The lowest BCUT2D eigenvalue weighted by Gasteiger charge is -2.20. The van der Waals surface area contributed by atoms with Crippen LogP contribution in [0.1, 0.15) is 19.3 Å². The minimum Gasteiger partial charge on any atom is -0.399 e. The fraction of sp³-hybridized carbons (Fsp3) is 0.400. The van der Waals surface area contributed by atoms with E-state index in [-0.39, 0.29) is 0 Å². The molecule has 0 saturated heterocycles. The van der Waals surface area contributed by atoms with Gasteiger partial charge in [-0.2, -0.15) is 0 Å². The molecule has 1 saturated carbocycles. The monoisotopic (exact) mass is 257 g/mol. The summed E-state index contributed by atoms with van der Waals surface area (Å²) >= 11 is 0. The predicted octanol–water partition coefficient (Wildman–Crippen LogP) is 2.80. The molecule has 3 rings (SSSR count). The average molecular weight is 257 g/mol. The molecule has 0 spiro atoms. The van der Waals surface area contributed by atoms with Gasteiger partial charge in [-0.05, 0) is 49.6 Å². The Labute approximate surface area is 113 Å². The third-order valence-corrected chi connectivity index (χ3v) is 3.80. The van der Waals surface area contributed by atoms with Crippen LogP contribution in [-0.2, 0) is 4.74 Å². The molecule has 0 bridgehead atoms. The van der Waals surface area contributed by atoms with Crippen molar-refractivity contribution in [2.24, 2.45) is 0 Å². The number of anilines is 2. The Kier molecular flexibility index (Phi) is 3.25. The molecule has 3 N–H and O–H groups in total. The molecule has 2 unspecified atom stereocenters. The summed E-state index contributed by atoms with van der Waals surface area (Å²) in [5.41, 5.74) is 7.50. The molecule has 2 aromatic rings. The van der Waals surface area contributed by atoms with E-state index in [4.69, 9.17) is 10.5 Å². The van der Waals surface area contributed by atoms with E-state index < -0.39 is 0 Å². The fourth-order valence-electron chi connectivity index (χ4n) is 2.79. The Morgan fingerprint density at radius 3 is 3.00 bits per heavy atom. The molecule has 0 radical (unpaired) electrons. The highest BCUT2D eigenvalue weighted by molar-refractivity contribution is 5.83. The van der Waals surface area contributed by atoms with Gasteiger partial charge in [-0.15, -0.1) is 0 Å². The van der Waals surface area contributed by atoms with Gasteiger partial charge in [-0.1, -0.05) is 0 Å². The first-order chi connectivity index (χ1) is 9.26. The second-order valence-electron chi connectivity index (χ2n) is 5.10. The SMILES string of the molecule is COC1CCCC1Nc1ccc2cc(N)ccc2n1. The number of nitrogens with two attached hydrogens (primary N) is 1. The summed E-state index contributed by atoms with van der Waals surface area (Å²) in [5, 5.41) is 4.55. The van der Waals surface area contributed by atoms with Gasteiger partial charge in [0, 0.05) is 18.2 Å². The number of aromatic nitrogens is 1. The Morgan fingerprint density at radius 1 is 1.26 bits per heavy atom. The van der Waals surface area contributed by atoms with Crippen molar-refractivity contribution in [1.82, 2.24) is 4.98 Å². The van der Waals surface area contributed by atoms with Crippen LogP contribution >= 0.6 is 0 Å². The second kappa shape index (κ2) is 5.05. The van der Waals surface area contributed by atoms with Crippen molar-refractivity contribution in [2.45, 2.75) is 31.4 Å². The first-order valence-electron chi connectivity index (χ1n) is 6.72. The number of methoxy groups -OCH3 is 1. The highest BCUT2D eigenvalue weighted by Gasteiger charge is 2.27. The zero-order valence-corrected chi connectivity index (χ0v) is 11.1. The standard InChI is InChI=1S/C15H19N3O/c1-19-14-4-2-3-13(14)18-15-8-5-10-9-11(16)6-7-12(10)17-15/h5-9,13-14H,2-4,16H2,1H3,(H,17,18). The van der Waals surface area contributed by atoms with E-state index >= 15 is 0 Å². The Bertz CT molecular complexity index is 585. The minimum absolute atomic E-state index is 0.295. The van der Waals surface area contributed by atoms with Crippen LogP contribution < -0.4 is 11.1 Å². The van der Waals surface area contributed by atoms with Crippen molar-refractivity contribution < 1.29 is 4.74 Å². The quantitative estimate of drug-likeness (QED) is 0.830. The summed E-state index contributed by atoms with van der Waals surface area (Å²) in [7, 11) is 1.78. The Balaban J connectivity index is 1.83. The zero-order valence-electron chi connectivity index (χ0n) is 11.1. The lowest BCUT2D eigenvalue weighted by molar-refractivity contribution is 0.101. The average Bonchev–Trinajstić information content (AvgIpc) is 2.86. The van der Waals surface area contributed by atoms with Crippen molar-refractivity contribution in [3.63, 3.8) is 0 Å². The third-order valence-electron chi connectivity index (χ3n) is 3.80. The van der Waals surface area contributed by atoms with E-state index in [1.807, 2.05) is 24.3 Å². The lowest BCUT2D eigenvalue weighted by atomic mass is 10.2. The lowest BCUT2D eigenvalue weighted by Crippen LogP contribution is -2.30. The molecule has 2 atom stereocenters.